The number of aromatic nitrogens is 5. The van der Waals surface area contributed by atoms with Crippen LogP contribution >= 0.6 is 0 Å². The molecule has 126 valence electrons. The van der Waals surface area contributed by atoms with Crippen LogP contribution < -0.4 is 0 Å². The molecule has 0 aliphatic heterocycles. The van der Waals surface area contributed by atoms with Crippen molar-refractivity contribution in [2.24, 2.45) is 0 Å². The fraction of sp³-hybridized carbons (Fsp3) is 0.167. The van der Waals surface area contributed by atoms with Crippen LogP contribution in [0.2, 0.25) is 0 Å². The van der Waals surface area contributed by atoms with Gasteiger partial charge in [0.05, 0.1) is 24.5 Å². The Morgan fingerprint density at radius 3 is 2.76 bits per heavy atom. The SMILES string of the molecule is CC(F)(F)c1cccc(-c2cnc3cnn(Cc4cn[nH]c4)c3c2)c1. The minimum Gasteiger partial charge on any atom is -0.285 e. The van der Waals surface area contributed by atoms with Gasteiger partial charge in [0.15, 0.2) is 0 Å². The molecule has 0 radical (unpaired) electrons. The molecule has 1 aromatic carbocycles. The molecule has 0 saturated heterocycles. The van der Waals surface area contributed by atoms with Gasteiger partial charge in [0.25, 0.3) is 5.92 Å². The number of alkyl halides is 2. The fourth-order valence-corrected chi connectivity index (χ4v) is 2.75. The quantitative estimate of drug-likeness (QED) is 0.612. The van der Waals surface area contributed by atoms with Gasteiger partial charge < -0.3 is 0 Å². The minimum absolute atomic E-state index is 0.0167. The first-order valence-electron chi connectivity index (χ1n) is 7.79. The second-order valence-corrected chi connectivity index (χ2v) is 6.01. The van der Waals surface area contributed by atoms with Crippen LogP contribution in [0, 0.1) is 0 Å². The van der Waals surface area contributed by atoms with E-state index in [0.29, 0.717) is 12.1 Å². The number of nitrogens with one attached hydrogen (secondary N) is 1. The zero-order valence-electron chi connectivity index (χ0n) is 13.4. The van der Waals surface area contributed by atoms with Gasteiger partial charge in [-0.3, -0.25) is 14.8 Å². The van der Waals surface area contributed by atoms with Crippen molar-refractivity contribution in [3.05, 3.63) is 66.2 Å². The molecule has 4 aromatic rings. The summed E-state index contributed by atoms with van der Waals surface area (Å²) in [6.07, 6.45) is 6.91. The van der Waals surface area contributed by atoms with Crippen LogP contribution in [0.4, 0.5) is 8.78 Å². The van der Waals surface area contributed by atoms with Crippen molar-refractivity contribution in [1.29, 1.82) is 0 Å². The number of halogens is 2. The Hall–Kier alpha value is -3.09. The number of H-pyrrole nitrogens is 1. The van der Waals surface area contributed by atoms with E-state index >= 15 is 0 Å². The zero-order valence-corrected chi connectivity index (χ0v) is 13.4. The van der Waals surface area contributed by atoms with E-state index in [2.05, 4.69) is 20.3 Å². The third-order valence-electron chi connectivity index (χ3n) is 4.08. The number of hydrogen-bond donors (Lipinski definition) is 1. The summed E-state index contributed by atoms with van der Waals surface area (Å²) < 4.78 is 29.0. The van der Waals surface area contributed by atoms with Crippen LogP contribution in [0.5, 0.6) is 0 Å². The molecule has 5 nitrogen and oxygen atoms in total. The highest BCUT2D eigenvalue weighted by molar-refractivity contribution is 5.80. The first-order valence-corrected chi connectivity index (χ1v) is 7.79. The summed E-state index contributed by atoms with van der Waals surface area (Å²) >= 11 is 0. The molecular weight excluding hydrogens is 324 g/mol. The summed E-state index contributed by atoms with van der Waals surface area (Å²) in [6.45, 7) is 1.45. The summed E-state index contributed by atoms with van der Waals surface area (Å²) in [4.78, 5) is 4.41. The largest absolute Gasteiger partial charge is 0.285 e. The molecule has 0 aliphatic rings. The van der Waals surface area contributed by atoms with Crippen LogP contribution in [0.1, 0.15) is 18.1 Å². The summed E-state index contributed by atoms with van der Waals surface area (Å²) in [5.74, 6) is -2.88. The maximum absolute atomic E-state index is 13.6. The lowest BCUT2D eigenvalue weighted by Crippen LogP contribution is -2.06. The van der Waals surface area contributed by atoms with E-state index in [9.17, 15) is 8.78 Å². The molecule has 0 unspecified atom stereocenters. The van der Waals surface area contributed by atoms with Gasteiger partial charge in [0.2, 0.25) is 0 Å². The van der Waals surface area contributed by atoms with E-state index in [1.807, 2.05) is 10.7 Å². The number of nitrogens with zero attached hydrogens (tertiary/aromatic N) is 4. The Balaban J connectivity index is 1.76. The second kappa shape index (κ2) is 5.77. The molecule has 0 spiro atoms. The van der Waals surface area contributed by atoms with Crippen molar-refractivity contribution >= 4 is 11.0 Å². The Labute approximate surface area is 142 Å². The van der Waals surface area contributed by atoms with Crippen LogP contribution in [0.25, 0.3) is 22.2 Å². The highest BCUT2D eigenvalue weighted by Gasteiger charge is 2.24. The molecule has 3 heterocycles. The smallest absolute Gasteiger partial charge is 0.270 e. The van der Waals surface area contributed by atoms with E-state index in [1.54, 1.807) is 36.9 Å². The average molecular weight is 339 g/mol. The number of aromatic amines is 1. The third-order valence-corrected chi connectivity index (χ3v) is 4.08. The Morgan fingerprint density at radius 2 is 2.00 bits per heavy atom. The van der Waals surface area contributed by atoms with Crippen molar-refractivity contribution < 1.29 is 8.78 Å². The van der Waals surface area contributed by atoms with Crippen LogP contribution in [-0.2, 0) is 12.5 Å². The van der Waals surface area contributed by atoms with Gasteiger partial charge in [-0.05, 0) is 17.7 Å². The molecule has 0 amide bonds. The summed E-state index contributed by atoms with van der Waals surface area (Å²) in [6, 6.07) is 8.28. The maximum Gasteiger partial charge on any atom is 0.270 e. The predicted molar refractivity (Wildman–Crippen MR) is 90.2 cm³/mol. The fourth-order valence-electron chi connectivity index (χ4n) is 2.75. The highest BCUT2D eigenvalue weighted by Crippen LogP contribution is 2.31. The Bertz CT molecular complexity index is 1020. The van der Waals surface area contributed by atoms with Gasteiger partial charge in [-0.1, -0.05) is 18.2 Å². The Kier molecular flexibility index (Phi) is 3.56. The van der Waals surface area contributed by atoms with Gasteiger partial charge in [-0.2, -0.15) is 10.2 Å². The van der Waals surface area contributed by atoms with Crippen LogP contribution in [0.3, 0.4) is 0 Å². The molecule has 0 aliphatic carbocycles. The molecule has 0 fully saturated rings. The number of fused-ring (bicyclic) bond motifs is 1. The molecule has 0 saturated carbocycles. The number of rotatable bonds is 4. The van der Waals surface area contributed by atoms with Gasteiger partial charge in [0, 0.05) is 36.0 Å². The standard InChI is InChI=1S/C18H15F2N5/c1-18(19,20)15-4-2-3-13(5-15)14-6-17-16(21-9-14)10-24-25(17)11-12-7-22-23-8-12/h2-10H,11H2,1H3,(H,22,23). The van der Waals surface area contributed by atoms with Crippen molar-refractivity contribution in [1.82, 2.24) is 25.0 Å². The molecule has 3 aromatic heterocycles. The summed E-state index contributed by atoms with van der Waals surface area (Å²) in [5.41, 5.74) is 4.04. The number of hydrogen-bond acceptors (Lipinski definition) is 3. The van der Waals surface area contributed by atoms with E-state index in [4.69, 9.17) is 0 Å². The molecule has 1 N–H and O–H groups in total. The monoisotopic (exact) mass is 339 g/mol. The topological polar surface area (TPSA) is 59.4 Å². The summed E-state index contributed by atoms with van der Waals surface area (Å²) in [7, 11) is 0. The van der Waals surface area contributed by atoms with E-state index in [1.165, 1.54) is 12.1 Å². The molecular formula is C18H15F2N5. The zero-order chi connectivity index (χ0) is 17.4. The minimum atomic E-state index is -2.88. The molecule has 0 bridgehead atoms. The van der Waals surface area contributed by atoms with Crippen molar-refractivity contribution in [3.8, 4) is 11.1 Å². The average Bonchev–Trinajstić information content (AvgIpc) is 3.24. The molecule has 25 heavy (non-hydrogen) atoms. The Morgan fingerprint density at radius 1 is 1.12 bits per heavy atom. The highest BCUT2D eigenvalue weighted by atomic mass is 19.3. The van der Waals surface area contributed by atoms with Crippen molar-refractivity contribution in [2.45, 2.75) is 19.4 Å². The van der Waals surface area contributed by atoms with Crippen molar-refractivity contribution in [3.63, 3.8) is 0 Å². The first-order chi connectivity index (χ1) is 12.0. The normalized spacial score (nSPS) is 12.0. The molecule has 7 heteroatoms. The van der Waals surface area contributed by atoms with Crippen LogP contribution in [-0.4, -0.2) is 25.0 Å². The lowest BCUT2D eigenvalue weighted by molar-refractivity contribution is 0.0175. The lowest BCUT2D eigenvalue weighted by Gasteiger charge is -2.12. The maximum atomic E-state index is 13.6. The predicted octanol–water partition coefficient (Wildman–Crippen LogP) is 3.98. The number of pyridine rings is 1. The summed E-state index contributed by atoms with van der Waals surface area (Å²) in [5, 5.41) is 11.1. The van der Waals surface area contributed by atoms with Gasteiger partial charge in [-0.15, -0.1) is 0 Å². The van der Waals surface area contributed by atoms with E-state index < -0.39 is 5.92 Å². The van der Waals surface area contributed by atoms with Gasteiger partial charge in [-0.25, -0.2) is 8.78 Å². The molecule has 0 atom stereocenters. The van der Waals surface area contributed by atoms with Crippen molar-refractivity contribution in [2.75, 3.05) is 0 Å². The van der Waals surface area contributed by atoms with Crippen LogP contribution in [0.15, 0.2) is 55.1 Å². The van der Waals surface area contributed by atoms with E-state index in [-0.39, 0.29) is 5.56 Å². The second-order valence-electron chi connectivity index (χ2n) is 6.01. The lowest BCUT2D eigenvalue weighted by atomic mass is 10.0. The first kappa shape index (κ1) is 15.4. The van der Waals surface area contributed by atoms with Gasteiger partial charge in [0.1, 0.15) is 5.52 Å². The number of benzene rings is 1. The van der Waals surface area contributed by atoms with Gasteiger partial charge >= 0.3 is 0 Å². The third kappa shape index (κ3) is 3.00. The molecule has 4 rings (SSSR count). The van der Waals surface area contributed by atoms with E-state index in [0.717, 1.165) is 29.1 Å².